The first kappa shape index (κ1) is 15.9. The Hall–Kier alpha value is -3.61. The van der Waals surface area contributed by atoms with Crippen LogP contribution in [0.25, 0.3) is 16.8 Å². The van der Waals surface area contributed by atoms with E-state index in [1.807, 2.05) is 30.3 Å². The number of fused-ring (bicyclic) bond motifs is 1. The Bertz CT molecular complexity index is 1050. The SMILES string of the molecule is N=C(N)c1ccc(C2=CCC(c3nc4ccc(C(=N)N)cc4[nH]3)O2)cc1. The number of rotatable bonds is 4. The standard InChI is InChI=1S/C19H18N6O/c20-17(21)11-3-1-10(2-4-11)15-7-8-16(26-15)19-24-13-6-5-12(18(22)23)9-14(13)25-19/h1-7,9,16H,8H2,(H3,20,21)(H3,22,23)(H,24,25). The quantitative estimate of drug-likeness (QED) is 0.366. The van der Waals surface area contributed by atoms with E-state index in [-0.39, 0.29) is 17.8 Å². The second-order valence-electron chi connectivity index (χ2n) is 6.17. The fourth-order valence-corrected chi connectivity index (χ4v) is 2.98. The maximum Gasteiger partial charge on any atom is 0.160 e. The zero-order chi connectivity index (χ0) is 18.3. The molecule has 0 spiro atoms. The van der Waals surface area contributed by atoms with Gasteiger partial charge in [0.25, 0.3) is 0 Å². The summed E-state index contributed by atoms with van der Waals surface area (Å²) in [5.41, 5.74) is 14.9. The number of benzene rings is 2. The number of nitrogens with two attached hydrogens (primary N) is 2. The molecule has 0 bridgehead atoms. The van der Waals surface area contributed by atoms with Gasteiger partial charge in [0.15, 0.2) is 6.10 Å². The van der Waals surface area contributed by atoms with Crippen molar-refractivity contribution in [1.29, 1.82) is 10.8 Å². The number of hydrogen-bond donors (Lipinski definition) is 5. The van der Waals surface area contributed by atoms with Gasteiger partial charge in [0.05, 0.1) is 11.0 Å². The van der Waals surface area contributed by atoms with Crippen molar-refractivity contribution in [3.05, 3.63) is 71.1 Å². The Morgan fingerprint density at radius 1 is 1.04 bits per heavy atom. The summed E-state index contributed by atoms with van der Waals surface area (Å²) in [6.07, 6.45) is 2.55. The highest BCUT2D eigenvalue weighted by molar-refractivity contribution is 5.98. The molecule has 7 nitrogen and oxygen atoms in total. The number of aromatic amines is 1. The van der Waals surface area contributed by atoms with E-state index in [2.05, 4.69) is 9.97 Å². The molecule has 1 unspecified atom stereocenters. The zero-order valence-electron chi connectivity index (χ0n) is 13.9. The average molecular weight is 346 g/mol. The Morgan fingerprint density at radius 2 is 1.73 bits per heavy atom. The number of nitrogen functional groups attached to an aromatic ring is 2. The molecular formula is C19H18N6O. The molecule has 130 valence electrons. The fourth-order valence-electron chi connectivity index (χ4n) is 2.98. The topological polar surface area (TPSA) is 138 Å². The molecule has 1 atom stereocenters. The number of hydrogen-bond acceptors (Lipinski definition) is 4. The van der Waals surface area contributed by atoms with Gasteiger partial charge in [-0.25, -0.2) is 4.98 Å². The minimum absolute atomic E-state index is 0.0260. The third-order valence-electron chi connectivity index (χ3n) is 4.38. The van der Waals surface area contributed by atoms with Gasteiger partial charge in [-0.05, 0) is 24.3 Å². The summed E-state index contributed by atoms with van der Waals surface area (Å²) in [6.45, 7) is 0. The van der Waals surface area contributed by atoms with Crippen LogP contribution in [-0.2, 0) is 4.74 Å². The van der Waals surface area contributed by atoms with Crippen molar-refractivity contribution in [2.24, 2.45) is 11.5 Å². The van der Waals surface area contributed by atoms with Gasteiger partial charge in [-0.15, -0.1) is 0 Å². The second-order valence-corrected chi connectivity index (χ2v) is 6.17. The molecule has 1 aliphatic heterocycles. The summed E-state index contributed by atoms with van der Waals surface area (Å²) in [6, 6.07) is 12.8. The Morgan fingerprint density at radius 3 is 2.42 bits per heavy atom. The molecule has 0 saturated carbocycles. The van der Waals surface area contributed by atoms with Crippen molar-refractivity contribution >= 4 is 28.5 Å². The predicted molar refractivity (Wildman–Crippen MR) is 101 cm³/mol. The molecule has 7 heteroatoms. The van der Waals surface area contributed by atoms with Crippen LogP contribution in [0.3, 0.4) is 0 Å². The second kappa shape index (κ2) is 6.03. The molecule has 26 heavy (non-hydrogen) atoms. The first-order valence-corrected chi connectivity index (χ1v) is 8.17. The summed E-state index contributed by atoms with van der Waals surface area (Å²) in [5.74, 6) is 1.60. The van der Waals surface area contributed by atoms with Gasteiger partial charge in [-0.3, -0.25) is 10.8 Å². The lowest BCUT2D eigenvalue weighted by atomic mass is 10.1. The molecule has 0 saturated heterocycles. The predicted octanol–water partition coefficient (Wildman–Crippen LogP) is 2.63. The van der Waals surface area contributed by atoms with E-state index in [0.29, 0.717) is 17.5 Å². The van der Waals surface area contributed by atoms with E-state index >= 15 is 0 Å². The van der Waals surface area contributed by atoms with Gasteiger partial charge >= 0.3 is 0 Å². The van der Waals surface area contributed by atoms with Crippen LogP contribution in [0.15, 0.2) is 48.5 Å². The lowest BCUT2D eigenvalue weighted by molar-refractivity contribution is 0.186. The number of nitrogens with zero attached hydrogens (tertiary/aromatic N) is 1. The van der Waals surface area contributed by atoms with Crippen LogP contribution in [0.5, 0.6) is 0 Å². The molecule has 1 aliphatic rings. The van der Waals surface area contributed by atoms with Crippen LogP contribution in [0.4, 0.5) is 0 Å². The molecule has 0 amide bonds. The summed E-state index contributed by atoms with van der Waals surface area (Å²) < 4.78 is 6.06. The fraction of sp³-hybridized carbons (Fsp3) is 0.105. The maximum atomic E-state index is 7.54. The highest BCUT2D eigenvalue weighted by atomic mass is 16.5. The van der Waals surface area contributed by atoms with Gasteiger partial charge < -0.3 is 21.2 Å². The summed E-state index contributed by atoms with van der Waals surface area (Å²) in [7, 11) is 0. The van der Waals surface area contributed by atoms with Gasteiger partial charge in [0.1, 0.15) is 23.3 Å². The smallest absolute Gasteiger partial charge is 0.160 e. The highest BCUT2D eigenvalue weighted by Gasteiger charge is 2.24. The largest absolute Gasteiger partial charge is 0.482 e. The third kappa shape index (κ3) is 2.79. The van der Waals surface area contributed by atoms with E-state index < -0.39 is 0 Å². The normalized spacial score (nSPS) is 16.3. The van der Waals surface area contributed by atoms with Gasteiger partial charge in [-0.1, -0.05) is 24.3 Å². The van der Waals surface area contributed by atoms with Crippen molar-refractivity contribution in [2.75, 3.05) is 0 Å². The number of H-pyrrole nitrogens is 1. The monoisotopic (exact) mass is 346 g/mol. The minimum Gasteiger partial charge on any atom is -0.482 e. The van der Waals surface area contributed by atoms with Gasteiger partial charge in [0, 0.05) is 23.1 Å². The molecule has 1 aromatic heterocycles. The first-order chi connectivity index (χ1) is 12.5. The number of amidine groups is 2. The van der Waals surface area contributed by atoms with E-state index in [9.17, 15) is 0 Å². The van der Waals surface area contributed by atoms with Crippen molar-refractivity contribution < 1.29 is 4.74 Å². The molecule has 0 aliphatic carbocycles. The lowest BCUT2D eigenvalue weighted by Crippen LogP contribution is -2.10. The summed E-state index contributed by atoms with van der Waals surface area (Å²) >= 11 is 0. The van der Waals surface area contributed by atoms with E-state index in [1.54, 1.807) is 18.2 Å². The number of imidazole rings is 1. The van der Waals surface area contributed by atoms with E-state index in [1.165, 1.54) is 0 Å². The van der Waals surface area contributed by atoms with Crippen LogP contribution in [0.2, 0.25) is 0 Å². The Labute approximate surface area is 149 Å². The van der Waals surface area contributed by atoms with Crippen molar-refractivity contribution in [2.45, 2.75) is 12.5 Å². The average Bonchev–Trinajstić information content (AvgIpc) is 3.27. The minimum atomic E-state index is -0.189. The zero-order valence-corrected chi connectivity index (χ0v) is 13.9. The molecule has 7 N–H and O–H groups in total. The number of aromatic nitrogens is 2. The molecular weight excluding hydrogens is 328 g/mol. The summed E-state index contributed by atoms with van der Waals surface area (Å²) in [5, 5.41) is 15.0. The lowest BCUT2D eigenvalue weighted by Gasteiger charge is -2.11. The van der Waals surface area contributed by atoms with Gasteiger partial charge in [0.2, 0.25) is 0 Å². The Kier molecular flexibility index (Phi) is 3.69. The molecule has 4 rings (SSSR count). The van der Waals surface area contributed by atoms with E-state index in [4.69, 9.17) is 27.0 Å². The van der Waals surface area contributed by atoms with Crippen LogP contribution in [-0.4, -0.2) is 21.6 Å². The molecule has 3 aromatic rings. The molecule has 2 heterocycles. The maximum absolute atomic E-state index is 7.54. The van der Waals surface area contributed by atoms with Crippen LogP contribution >= 0.6 is 0 Å². The van der Waals surface area contributed by atoms with Crippen LogP contribution in [0, 0.1) is 10.8 Å². The molecule has 0 radical (unpaired) electrons. The van der Waals surface area contributed by atoms with Gasteiger partial charge in [-0.2, -0.15) is 0 Å². The first-order valence-electron chi connectivity index (χ1n) is 8.17. The summed E-state index contributed by atoms with van der Waals surface area (Å²) in [4.78, 5) is 7.85. The van der Waals surface area contributed by atoms with Crippen molar-refractivity contribution in [1.82, 2.24) is 9.97 Å². The van der Waals surface area contributed by atoms with Crippen molar-refractivity contribution in [3.8, 4) is 0 Å². The highest BCUT2D eigenvalue weighted by Crippen LogP contribution is 2.35. The number of nitrogens with one attached hydrogen (secondary N) is 3. The van der Waals surface area contributed by atoms with Crippen LogP contribution < -0.4 is 11.5 Å². The Balaban J connectivity index is 1.55. The molecule has 0 fully saturated rings. The number of ether oxygens (including phenoxy) is 1. The third-order valence-corrected chi connectivity index (χ3v) is 4.38. The van der Waals surface area contributed by atoms with E-state index in [0.717, 1.165) is 28.2 Å². The molecule has 2 aromatic carbocycles. The van der Waals surface area contributed by atoms with Crippen LogP contribution in [0.1, 0.15) is 35.0 Å². The van der Waals surface area contributed by atoms with Crippen molar-refractivity contribution in [3.63, 3.8) is 0 Å².